The lowest BCUT2D eigenvalue weighted by Crippen LogP contribution is -2.49. The van der Waals surface area contributed by atoms with Crippen molar-refractivity contribution in [3.8, 4) is 0 Å². The van der Waals surface area contributed by atoms with Gasteiger partial charge in [0.05, 0.1) is 0 Å². The first-order chi connectivity index (χ1) is 9.60. The summed E-state index contributed by atoms with van der Waals surface area (Å²) in [5.74, 6) is 2.62. The van der Waals surface area contributed by atoms with Gasteiger partial charge in [0.1, 0.15) is 0 Å². The topological polar surface area (TPSA) is 30.9 Å². The summed E-state index contributed by atoms with van der Waals surface area (Å²) in [5, 5.41) is 3.54. The van der Waals surface area contributed by atoms with Gasteiger partial charge in [-0.15, -0.1) is 24.0 Å². The van der Waals surface area contributed by atoms with E-state index in [9.17, 15) is 0 Å². The Hall–Kier alpha value is -0.0400. The number of halogens is 1. The van der Waals surface area contributed by atoms with Crippen molar-refractivity contribution in [2.24, 2.45) is 16.8 Å². The van der Waals surface area contributed by atoms with Crippen molar-refractivity contribution in [2.75, 3.05) is 46.3 Å². The molecule has 0 radical (unpaired) electrons. The van der Waals surface area contributed by atoms with Crippen molar-refractivity contribution >= 4 is 29.9 Å². The van der Waals surface area contributed by atoms with Gasteiger partial charge >= 0.3 is 0 Å². The first-order valence-corrected chi connectivity index (χ1v) is 8.28. The molecule has 0 saturated carbocycles. The number of hydrogen-bond acceptors (Lipinski definition) is 2. The Kier molecular flexibility index (Phi) is 11.5. The number of likely N-dealkylation sites (tertiary alicyclic amines) is 1. The van der Waals surface area contributed by atoms with Crippen LogP contribution in [0.3, 0.4) is 0 Å². The standard InChI is InChI=1S/C16H34N4.HI/c1-6-9-19(7-2)10-8-18-16(17-5)20-12-14(3)11-15(4)13-20;/h14-15H,6-13H2,1-5H3,(H,17,18);1H. The van der Waals surface area contributed by atoms with Crippen LogP contribution in [0.5, 0.6) is 0 Å². The summed E-state index contributed by atoms with van der Waals surface area (Å²) >= 11 is 0. The Morgan fingerprint density at radius 2 is 1.81 bits per heavy atom. The minimum absolute atomic E-state index is 0. The monoisotopic (exact) mass is 410 g/mol. The summed E-state index contributed by atoms with van der Waals surface area (Å²) in [7, 11) is 1.90. The highest BCUT2D eigenvalue weighted by atomic mass is 127. The number of likely N-dealkylation sites (N-methyl/N-ethyl adjacent to an activating group) is 1. The van der Waals surface area contributed by atoms with Crippen LogP contribution in [0, 0.1) is 11.8 Å². The third kappa shape index (κ3) is 7.68. The predicted molar refractivity (Wildman–Crippen MR) is 104 cm³/mol. The van der Waals surface area contributed by atoms with Gasteiger partial charge in [-0.2, -0.15) is 0 Å². The van der Waals surface area contributed by atoms with Crippen LogP contribution in [-0.4, -0.2) is 62.1 Å². The highest BCUT2D eigenvalue weighted by Gasteiger charge is 2.23. The molecule has 2 atom stereocenters. The fourth-order valence-electron chi connectivity index (χ4n) is 3.24. The molecule has 0 aliphatic carbocycles. The van der Waals surface area contributed by atoms with Crippen molar-refractivity contribution in [1.29, 1.82) is 0 Å². The van der Waals surface area contributed by atoms with E-state index in [4.69, 9.17) is 0 Å². The van der Waals surface area contributed by atoms with Gasteiger partial charge in [-0.05, 0) is 37.8 Å². The van der Waals surface area contributed by atoms with Gasteiger partial charge in [0, 0.05) is 33.2 Å². The van der Waals surface area contributed by atoms with Crippen LogP contribution in [0.2, 0.25) is 0 Å². The fraction of sp³-hybridized carbons (Fsp3) is 0.938. The summed E-state index contributed by atoms with van der Waals surface area (Å²) in [6, 6.07) is 0. The van der Waals surface area contributed by atoms with E-state index in [-0.39, 0.29) is 24.0 Å². The maximum Gasteiger partial charge on any atom is 0.193 e. The Balaban J connectivity index is 0.00000400. The predicted octanol–water partition coefficient (Wildman–Crippen LogP) is 2.89. The number of hydrogen-bond donors (Lipinski definition) is 1. The summed E-state index contributed by atoms with van der Waals surface area (Å²) in [6.07, 6.45) is 2.57. The smallest absolute Gasteiger partial charge is 0.193 e. The first-order valence-electron chi connectivity index (χ1n) is 8.28. The number of piperidine rings is 1. The van der Waals surface area contributed by atoms with Crippen LogP contribution in [0.4, 0.5) is 0 Å². The zero-order valence-electron chi connectivity index (χ0n) is 14.6. The molecule has 5 heteroatoms. The quantitative estimate of drug-likeness (QED) is 0.415. The molecule has 1 aliphatic rings. The minimum atomic E-state index is 0. The molecule has 1 N–H and O–H groups in total. The Morgan fingerprint density at radius 3 is 2.29 bits per heavy atom. The van der Waals surface area contributed by atoms with Crippen LogP contribution >= 0.6 is 24.0 Å². The lowest BCUT2D eigenvalue weighted by molar-refractivity contribution is 0.207. The van der Waals surface area contributed by atoms with Gasteiger partial charge in [-0.3, -0.25) is 4.99 Å². The van der Waals surface area contributed by atoms with Crippen molar-refractivity contribution in [3.63, 3.8) is 0 Å². The van der Waals surface area contributed by atoms with Crippen molar-refractivity contribution in [3.05, 3.63) is 0 Å². The highest BCUT2D eigenvalue weighted by molar-refractivity contribution is 14.0. The molecule has 0 aromatic rings. The number of nitrogens with zero attached hydrogens (tertiary/aromatic N) is 3. The van der Waals surface area contributed by atoms with E-state index in [1.165, 1.54) is 19.4 Å². The SMILES string of the molecule is CCCN(CC)CCNC(=NC)N1CC(C)CC(C)C1.I. The van der Waals surface area contributed by atoms with Crippen LogP contribution in [-0.2, 0) is 0 Å². The molecule has 1 fully saturated rings. The maximum absolute atomic E-state index is 4.46. The fourth-order valence-corrected chi connectivity index (χ4v) is 3.24. The molecule has 1 rings (SSSR count). The number of rotatable bonds is 6. The molecule has 4 nitrogen and oxygen atoms in total. The van der Waals surface area contributed by atoms with E-state index in [0.717, 1.165) is 50.5 Å². The summed E-state index contributed by atoms with van der Waals surface area (Å²) in [4.78, 5) is 9.38. The van der Waals surface area contributed by atoms with Gasteiger partial charge in [-0.25, -0.2) is 0 Å². The van der Waals surface area contributed by atoms with Crippen LogP contribution in [0.25, 0.3) is 0 Å². The average Bonchev–Trinajstić information content (AvgIpc) is 2.41. The van der Waals surface area contributed by atoms with Crippen LogP contribution in [0.1, 0.15) is 40.5 Å². The molecule has 0 aromatic heterocycles. The van der Waals surface area contributed by atoms with E-state index in [1.54, 1.807) is 0 Å². The van der Waals surface area contributed by atoms with Gasteiger partial charge in [0.2, 0.25) is 0 Å². The maximum atomic E-state index is 4.46. The molecule has 1 aliphatic heterocycles. The zero-order chi connectivity index (χ0) is 15.0. The summed E-state index contributed by atoms with van der Waals surface area (Å²) < 4.78 is 0. The first kappa shape index (κ1) is 21.0. The molecule has 1 saturated heterocycles. The molecule has 0 amide bonds. The molecule has 0 aromatic carbocycles. The van der Waals surface area contributed by atoms with Crippen molar-refractivity contribution < 1.29 is 0 Å². The molecule has 2 unspecified atom stereocenters. The highest BCUT2D eigenvalue weighted by Crippen LogP contribution is 2.20. The molecule has 126 valence electrons. The third-order valence-corrected chi connectivity index (χ3v) is 4.08. The Morgan fingerprint density at radius 1 is 1.19 bits per heavy atom. The minimum Gasteiger partial charge on any atom is -0.355 e. The number of nitrogens with one attached hydrogen (secondary N) is 1. The van der Waals surface area contributed by atoms with E-state index in [2.05, 4.69) is 47.8 Å². The number of guanidine groups is 1. The van der Waals surface area contributed by atoms with Crippen molar-refractivity contribution in [2.45, 2.75) is 40.5 Å². The van der Waals surface area contributed by atoms with Gasteiger partial charge in [-0.1, -0.05) is 27.7 Å². The molecule has 0 spiro atoms. The van der Waals surface area contributed by atoms with E-state index >= 15 is 0 Å². The number of aliphatic imine (C=N–C) groups is 1. The van der Waals surface area contributed by atoms with E-state index in [1.807, 2.05) is 7.05 Å². The summed E-state index contributed by atoms with van der Waals surface area (Å²) in [6.45, 7) is 15.8. The second kappa shape index (κ2) is 11.5. The third-order valence-electron chi connectivity index (χ3n) is 4.08. The van der Waals surface area contributed by atoms with Crippen LogP contribution in [0.15, 0.2) is 4.99 Å². The van der Waals surface area contributed by atoms with E-state index < -0.39 is 0 Å². The Labute approximate surface area is 148 Å². The largest absolute Gasteiger partial charge is 0.355 e. The molecular formula is C16H35IN4. The second-order valence-electron chi connectivity index (χ2n) is 6.26. The molecular weight excluding hydrogens is 375 g/mol. The van der Waals surface area contributed by atoms with Crippen LogP contribution < -0.4 is 5.32 Å². The van der Waals surface area contributed by atoms with Gasteiger partial charge in [0.15, 0.2) is 5.96 Å². The molecule has 1 heterocycles. The lowest BCUT2D eigenvalue weighted by atomic mass is 9.92. The van der Waals surface area contributed by atoms with Gasteiger partial charge in [0.25, 0.3) is 0 Å². The average molecular weight is 410 g/mol. The molecule has 0 bridgehead atoms. The second-order valence-corrected chi connectivity index (χ2v) is 6.26. The van der Waals surface area contributed by atoms with Crippen molar-refractivity contribution in [1.82, 2.24) is 15.1 Å². The normalized spacial score (nSPS) is 23.1. The van der Waals surface area contributed by atoms with Gasteiger partial charge < -0.3 is 15.1 Å². The lowest BCUT2D eigenvalue weighted by Gasteiger charge is -2.37. The van der Waals surface area contributed by atoms with E-state index in [0.29, 0.717) is 0 Å². The molecule has 21 heavy (non-hydrogen) atoms. The summed E-state index contributed by atoms with van der Waals surface area (Å²) in [5.41, 5.74) is 0. The zero-order valence-corrected chi connectivity index (χ0v) is 16.9. The Bertz CT molecular complexity index is 286.